The van der Waals surface area contributed by atoms with Crippen LogP contribution in [0.2, 0.25) is 0 Å². The van der Waals surface area contributed by atoms with Crippen molar-refractivity contribution in [3.63, 3.8) is 0 Å². The van der Waals surface area contributed by atoms with Crippen LogP contribution in [0, 0.1) is 0 Å². The molecular weight excluding hydrogens is 210 g/mol. The normalized spacial score (nSPS) is 15.5. The van der Waals surface area contributed by atoms with Gasteiger partial charge in [-0.1, -0.05) is 0 Å². The van der Waals surface area contributed by atoms with E-state index in [0.717, 1.165) is 31.5 Å². The smallest absolute Gasteiger partial charge is 0.339 e. The number of thiophene rings is 1. The second-order valence-corrected chi connectivity index (χ2v) is 4.52. The van der Waals surface area contributed by atoms with Gasteiger partial charge in [0.2, 0.25) is 0 Å². The molecule has 1 aliphatic rings. The van der Waals surface area contributed by atoms with Crippen LogP contribution in [0.3, 0.4) is 0 Å². The highest BCUT2D eigenvalue weighted by Crippen LogP contribution is 2.26. The van der Waals surface area contributed by atoms with Crippen LogP contribution in [0.15, 0.2) is 5.38 Å². The molecule has 1 aliphatic heterocycles. The summed E-state index contributed by atoms with van der Waals surface area (Å²) >= 11 is 1.66. The van der Waals surface area contributed by atoms with E-state index in [9.17, 15) is 4.79 Å². The molecule has 1 aromatic heterocycles. The summed E-state index contributed by atoms with van der Waals surface area (Å²) in [6.07, 6.45) is 2.08. The van der Waals surface area contributed by atoms with Crippen LogP contribution >= 0.6 is 11.3 Å². The fourth-order valence-corrected chi connectivity index (χ4v) is 2.86. The van der Waals surface area contributed by atoms with Crippen molar-refractivity contribution in [2.45, 2.75) is 26.3 Å². The van der Waals surface area contributed by atoms with E-state index in [2.05, 4.69) is 5.32 Å². The maximum absolute atomic E-state index is 11.7. The van der Waals surface area contributed by atoms with Crippen molar-refractivity contribution >= 4 is 17.3 Å². The predicted octanol–water partition coefficient (Wildman–Crippen LogP) is 1.96. The van der Waals surface area contributed by atoms with Gasteiger partial charge in [-0.2, -0.15) is 0 Å². The minimum Gasteiger partial charge on any atom is -0.462 e. The maximum atomic E-state index is 11.7. The number of ether oxygens (including phenoxy) is 1. The predicted molar refractivity (Wildman–Crippen MR) is 60.3 cm³/mol. The van der Waals surface area contributed by atoms with Crippen molar-refractivity contribution in [3.05, 3.63) is 21.4 Å². The number of carbonyl (C=O) groups excluding carboxylic acids is 1. The molecule has 0 fully saturated rings. The number of hydrogen-bond donors (Lipinski definition) is 1. The van der Waals surface area contributed by atoms with Gasteiger partial charge in [0.05, 0.1) is 12.2 Å². The highest BCUT2D eigenvalue weighted by molar-refractivity contribution is 7.10. The molecule has 15 heavy (non-hydrogen) atoms. The monoisotopic (exact) mass is 225 g/mol. The first-order chi connectivity index (χ1) is 7.33. The summed E-state index contributed by atoms with van der Waals surface area (Å²) in [7, 11) is 0. The average Bonchev–Trinajstić information content (AvgIpc) is 2.48. The Balaban J connectivity index is 2.25. The van der Waals surface area contributed by atoms with Gasteiger partial charge in [-0.25, -0.2) is 4.79 Å². The van der Waals surface area contributed by atoms with Gasteiger partial charge in [-0.3, -0.25) is 0 Å². The summed E-state index contributed by atoms with van der Waals surface area (Å²) in [6.45, 7) is 4.20. The second-order valence-electron chi connectivity index (χ2n) is 3.55. The Bertz CT molecular complexity index is 359. The highest BCUT2D eigenvalue weighted by Gasteiger charge is 2.19. The van der Waals surface area contributed by atoms with Crippen molar-refractivity contribution in [3.8, 4) is 0 Å². The minimum atomic E-state index is -0.170. The Labute approximate surface area is 93.4 Å². The standard InChI is InChI=1S/C11H15NO2S/c1-2-14-11(13)9-7-15-10-6-12-5-3-4-8(9)10/h7,12H,2-6H2,1H3. The fourth-order valence-electron chi connectivity index (χ4n) is 1.82. The van der Waals surface area contributed by atoms with E-state index in [0.29, 0.717) is 6.61 Å². The molecule has 4 heteroatoms. The minimum absolute atomic E-state index is 0.170. The average molecular weight is 225 g/mol. The van der Waals surface area contributed by atoms with Gasteiger partial charge in [0.15, 0.2) is 0 Å². The molecule has 82 valence electrons. The van der Waals surface area contributed by atoms with Crippen molar-refractivity contribution < 1.29 is 9.53 Å². The Morgan fingerprint density at radius 2 is 2.53 bits per heavy atom. The lowest BCUT2D eigenvalue weighted by Crippen LogP contribution is -2.11. The van der Waals surface area contributed by atoms with Gasteiger partial charge in [0.1, 0.15) is 0 Å². The highest BCUT2D eigenvalue weighted by atomic mass is 32.1. The first kappa shape index (κ1) is 10.6. The lowest BCUT2D eigenvalue weighted by molar-refractivity contribution is 0.0525. The molecule has 0 radical (unpaired) electrons. The van der Waals surface area contributed by atoms with Gasteiger partial charge in [-0.15, -0.1) is 11.3 Å². The van der Waals surface area contributed by atoms with Crippen LogP contribution in [-0.2, 0) is 17.7 Å². The van der Waals surface area contributed by atoms with E-state index in [4.69, 9.17) is 4.74 Å². The number of nitrogens with one attached hydrogen (secondary N) is 1. The quantitative estimate of drug-likeness (QED) is 0.782. The van der Waals surface area contributed by atoms with Gasteiger partial charge < -0.3 is 10.1 Å². The van der Waals surface area contributed by atoms with Crippen LogP contribution in [0.1, 0.15) is 34.1 Å². The molecule has 0 saturated carbocycles. The number of esters is 1. The number of fused-ring (bicyclic) bond motifs is 1. The van der Waals surface area contributed by atoms with Gasteiger partial charge in [0, 0.05) is 16.8 Å². The molecule has 0 atom stereocenters. The summed E-state index contributed by atoms with van der Waals surface area (Å²) in [5.74, 6) is -0.170. The van der Waals surface area contributed by atoms with E-state index in [1.165, 1.54) is 10.4 Å². The maximum Gasteiger partial charge on any atom is 0.339 e. The molecular formula is C11H15NO2S. The van der Waals surface area contributed by atoms with Crippen molar-refractivity contribution in [2.75, 3.05) is 13.2 Å². The largest absolute Gasteiger partial charge is 0.462 e. The zero-order valence-corrected chi connectivity index (χ0v) is 9.65. The molecule has 0 unspecified atom stereocenters. The van der Waals surface area contributed by atoms with Crippen LogP contribution < -0.4 is 5.32 Å². The molecule has 1 aromatic rings. The summed E-state index contributed by atoms with van der Waals surface area (Å²) in [6, 6.07) is 0. The second kappa shape index (κ2) is 4.77. The van der Waals surface area contributed by atoms with Crippen LogP contribution in [0.25, 0.3) is 0 Å². The number of rotatable bonds is 2. The van der Waals surface area contributed by atoms with E-state index in [-0.39, 0.29) is 5.97 Å². The summed E-state index contributed by atoms with van der Waals surface area (Å²) in [5.41, 5.74) is 1.98. The molecule has 3 nitrogen and oxygen atoms in total. The third kappa shape index (κ3) is 2.21. The van der Waals surface area contributed by atoms with Crippen molar-refractivity contribution in [2.24, 2.45) is 0 Å². The van der Waals surface area contributed by atoms with Gasteiger partial charge in [0.25, 0.3) is 0 Å². The fraction of sp³-hybridized carbons (Fsp3) is 0.545. The Hall–Kier alpha value is -0.870. The summed E-state index contributed by atoms with van der Waals surface area (Å²) < 4.78 is 5.04. The number of hydrogen-bond acceptors (Lipinski definition) is 4. The Morgan fingerprint density at radius 3 is 3.33 bits per heavy atom. The van der Waals surface area contributed by atoms with E-state index >= 15 is 0 Å². The summed E-state index contributed by atoms with van der Waals surface area (Å²) in [4.78, 5) is 12.9. The summed E-state index contributed by atoms with van der Waals surface area (Å²) in [5, 5.41) is 5.27. The van der Waals surface area contributed by atoms with Gasteiger partial charge in [-0.05, 0) is 31.9 Å². The molecule has 2 rings (SSSR count). The molecule has 0 saturated heterocycles. The van der Waals surface area contributed by atoms with E-state index in [1.54, 1.807) is 11.3 Å². The lowest BCUT2D eigenvalue weighted by Gasteiger charge is -2.03. The molecule has 1 N–H and O–H groups in total. The van der Waals surface area contributed by atoms with Crippen molar-refractivity contribution in [1.29, 1.82) is 0 Å². The first-order valence-corrected chi connectivity index (χ1v) is 6.18. The molecule has 0 amide bonds. The zero-order chi connectivity index (χ0) is 10.7. The molecule has 0 bridgehead atoms. The van der Waals surface area contributed by atoms with Gasteiger partial charge >= 0.3 is 5.97 Å². The Kier molecular flexibility index (Phi) is 3.38. The molecule has 0 aliphatic carbocycles. The van der Waals surface area contributed by atoms with E-state index in [1.807, 2.05) is 12.3 Å². The third-order valence-corrected chi connectivity index (χ3v) is 3.57. The molecule has 2 heterocycles. The van der Waals surface area contributed by atoms with Crippen LogP contribution in [0.5, 0.6) is 0 Å². The number of carbonyl (C=O) groups is 1. The lowest BCUT2D eigenvalue weighted by atomic mass is 10.1. The van der Waals surface area contributed by atoms with Crippen LogP contribution in [-0.4, -0.2) is 19.1 Å². The Morgan fingerprint density at radius 1 is 1.67 bits per heavy atom. The molecule has 0 spiro atoms. The topological polar surface area (TPSA) is 38.3 Å². The third-order valence-electron chi connectivity index (χ3n) is 2.54. The SMILES string of the molecule is CCOC(=O)c1csc2c1CCCNC2. The van der Waals surface area contributed by atoms with Crippen LogP contribution in [0.4, 0.5) is 0 Å². The molecule has 0 aromatic carbocycles. The van der Waals surface area contributed by atoms with Crippen molar-refractivity contribution in [1.82, 2.24) is 5.32 Å². The first-order valence-electron chi connectivity index (χ1n) is 5.30. The zero-order valence-electron chi connectivity index (χ0n) is 8.84. The van der Waals surface area contributed by atoms with E-state index < -0.39 is 0 Å².